The van der Waals surface area contributed by atoms with Gasteiger partial charge in [0.05, 0.1) is 17.7 Å². The lowest BCUT2D eigenvalue weighted by atomic mass is 10.1. The molecule has 35 heavy (non-hydrogen) atoms. The number of amides is 1. The van der Waals surface area contributed by atoms with Crippen molar-refractivity contribution in [2.75, 3.05) is 12.4 Å². The zero-order chi connectivity index (χ0) is 25.6. The minimum atomic E-state index is -4.14. The number of nitrogens with zero attached hydrogens (tertiary/aromatic N) is 2. The zero-order valence-electron chi connectivity index (χ0n) is 18.6. The van der Waals surface area contributed by atoms with E-state index in [1.807, 2.05) is 0 Å². The Morgan fingerprint density at radius 3 is 2.43 bits per heavy atom. The summed E-state index contributed by atoms with van der Waals surface area (Å²) < 4.78 is 35.3. The number of aryl methyl sites for hydroxylation is 1. The van der Waals surface area contributed by atoms with Crippen molar-refractivity contribution in [3.8, 4) is 17.6 Å². The standard InChI is InChI=1S/C24H19N3O7S/c1-16-6-7-19(27(29)30)14-23(16)26-24(28)18(15-25)12-17-4-3-5-21(13-17)34-35(31,32)22-10-8-20(33-2)9-11-22/h3-14H,1-2H3,(H,26,28)/b18-12+. The molecule has 3 rings (SSSR count). The fraction of sp³-hybridized carbons (Fsp3) is 0.0833. The Kier molecular flexibility index (Phi) is 7.48. The van der Waals surface area contributed by atoms with E-state index in [4.69, 9.17) is 8.92 Å². The van der Waals surface area contributed by atoms with Crippen molar-refractivity contribution in [2.45, 2.75) is 11.8 Å². The maximum atomic E-state index is 12.6. The number of non-ortho nitro benzene ring substituents is 1. The molecule has 3 aromatic rings. The van der Waals surface area contributed by atoms with E-state index in [-0.39, 0.29) is 27.6 Å². The number of hydrogen-bond donors (Lipinski definition) is 1. The summed E-state index contributed by atoms with van der Waals surface area (Å²) in [6, 6.07) is 17.2. The van der Waals surface area contributed by atoms with Crippen molar-refractivity contribution in [1.29, 1.82) is 5.26 Å². The number of methoxy groups -OCH3 is 1. The molecule has 178 valence electrons. The lowest BCUT2D eigenvalue weighted by Crippen LogP contribution is -2.14. The fourth-order valence-corrected chi connectivity index (χ4v) is 3.86. The van der Waals surface area contributed by atoms with Crippen LogP contribution < -0.4 is 14.2 Å². The number of nitriles is 1. The van der Waals surface area contributed by atoms with Crippen LogP contribution in [-0.2, 0) is 14.9 Å². The van der Waals surface area contributed by atoms with Crippen molar-refractivity contribution in [3.05, 3.63) is 93.5 Å². The summed E-state index contributed by atoms with van der Waals surface area (Å²) in [6.45, 7) is 1.65. The number of ether oxygens (including phenoxy) is 1. The summed E-state index contributed by atoms with van der Waals surface area (Å²) in [5.41, 5.74) is 0.575. The molecule has 0 radical (unpaired) electrons. The average Bonchev–Trinajstić information content (AvgIpc) is 2.83. The molecule has 0 aromatic heterocycles. The predicted molar refractivity (Wildman–Crippen MR) is 127 cm³/mol. The Morgan fingerprint density at radius 1 is 1.09 bits per heavy atom. The first-order chi connectivity index (χ1) is 16.6. The highest BCUT2D eigenvalue weighted by molar-refractivity contribution is 7.87. The Morgan fingerprint density at radius 2 is 1.80 bits per heavy atom. The van der Waals surface area contributed by atoms with E-state index in [0.717, 1.165) is 0 Å². The molecule has 0 saturated carbocycles. The first-order valence-corrected chi connectivity index (χ1v) is 11.4. The lowest BCUT2D eigenvalue weighted by Gasteiger charge is -2.09. The smallest absolute Gasteiger partial charge is 0.339 e. The van der Waals surface area contributed by atoms with Gasteiger partial charge in [0, 0.05) is 12.1 Å². The second kappa shape index (κ2) is 10.5. The van der Waals surface area contributed by atoms with Crippen LogP contribution in [0.5, 0.6) is 11.5 Å². The zero-order valence-corrected chi connectivity index (χ0v) is 19.4. The van der Waals surface area contributed by atoms with Crippen LogP contribution in [0.4, 0.5) is 11.4 Å². The number of carbonyl (C=O) groups is 1. The van der Waals surface area contributed by atoms with E-state index < -0.39 is 20.9 Å². The van der Waals surface area contributed by atoms with E-state index >= 15 is 0 Å². The normalized spacial score (nSPS) is 11.3. The van der Waals surface area contributed by atoms with Gasteiger partial charge in [-0.15, -0.1) is 0 Å². The van der Waals surface area contributed by atoms with E-state index in [1.54, 1.807) is 19.1 Å². The molecular formula is C24H19N3O7S. The second-order valence-electron chi connectivity index (χ2n) is 7.17. The molecule has 0 bridgehead atoms. The number of carbonyl (C=O) groups excluding carboxylic acids is 1. The Bertz CT molecular complexity index is 1460. The number of nitro groups is 1. The summed E-state index contributed by atoms with van der Waals surface area (Å²) in [6.07, 6.45) is 1.24. The van der Waals surface area contributed by atoms with E-state index in [2.05, 4.69) is 5.32 Å². The van der Waals surface area contributed by atoms with Crippen LogP contribution in [0.15, 0.2) is 77.2 Å². The number of nitro benzene ring substituents is 1. The largest absolute Gasteiger partial charge is 0.497 e. The minimum absolute atomic E-state index is 0.0261. The van der Waals surface area contributed by atoms with Crippen LogP contribution in [-0.4, -0.2) is 26.4 Å². The first-order valence-electron chi connectivity index (χ1n) is 10.00. The number of anilines is 1. The van der Waals surface area contributed by atoms with Gasteiger partial charge in [-0.05, 0) is 60.5 Å². The van der Waals surface area contributed by atoms with Gasteiger partial charge in [0.1, 0.15) is 28.0 Å². The van der Waals surface area contributed by atoms with Crippen molar-refractivity contribution < 1.29 is 27.1 Å². The molecule has 11 heteroatoms. The molecule has 0 aliphatic rings. The summed E-state index contributed by atoms with van der Waals surface area (Å²) >= 11 is 0. The minimum Gasteiger partial charge on any atom is -0.497 e. The third-order valence-electron chi connectivity index (χ3n) is 4.77. The molecule has 0 saturated heterocycles. The molecule has 0 atom stereocenters. The van der Waals surface area contributed by atoms with E-state index in [0.29, 0.717) is 16.9 Å². The van der Waals surface area contributed by atoms with Gasteiger partial charge in [0.25, 0.3) is 11.6 Å². The molecule has 10 nitrogen and oxygen atoms in total. The maximum absolute atomic E-state index is 12.6. The molecule has 1 N–H and O–H groups in total. The molecule has 0 aliphatic heterocycles. The van der Waals surface area contributed by atoms with Crippen molar-refractivity contribution in [3.63, 3.8) is 0 Å². The highest BCUT2D eigenvalue weighted by atomic mass is 32.2. The molecule has 0 fully saturated rings. The third-order valence-corrected chi connectivity index (χ3v) is 6.03. The van der Waals surface area contributed by atoms with Crippen LogP contribution in [0.25, 0.3) is 6.08 Å². The van der Waals surface area contributed by atoms with Gasteiger partial charge >= 0.3 is 10.1 Å². The Labute approximate surface area is 201 Å². The van der Waals surface area contributed by atoms with Crippen LogP contribution in [0.3, 0.4) is 0 Å². The quantitative estimate of drug-likeness (QED) is 0.161. The van der Waals surface area contributed by atoms with Crippen LogP contribution in [0.2, 0.25) is 0 Å². The predicted octanol–water partition coefficient (Wildman–Crippen LogP) is 4.23. The highest BCUT2D eigenvalue weighted by Gasteiger charge is 2.18. The maximum Gasteiger partial charge on any atom is 0.339 e. The van der Waals surface area contributed by atoms with Gasteiger partial charge in [-0.2, -0.15) is 13.7 Å². The molecule has 0 heterocycles. The van der Waals surface area contributed by atoms with Gasteiger partial charge in [-0.1, -0.05) is 18.2 Å². The molecule has 3 aromatic carbocycles. The summed E-state index contributed by atoms with van der Waals surface area (Å²) in [5, 5.41) is 23.0. The molecule has 0 aliphatic carbocycles. The number of nitrogens with one attached hydrogen (secondary N) is 1. The van der Waals surface area contributed by atoms with Crippen molar-refractivity contribution in [2.24, 2.45) is 0 Å². The summed E-state index contributed by atoms with van der Waals surface area (Å²) in [7, 11) is -2.68. The van der Waals surface area contributed by atoms with E-state index in [1.165, 1.54) is 73.8 Å². The summed E-state index contributed by atoms with van der Waals surface area (Å²) in [5.74, 6) is -0.325. The average molecular weight is 493 g/mol. The van der Waals surface area contributed by atoms with Gasteiger partial charge in [-0.25, -0.2) is 0 Å². The van der Waals surface area contributed by atoms with Gasteiger partial charge in [0.2, 0.25) is 0 Å². The molecule has 0 unspecified atom stereocenters. The number of benzene rings is 3. The van der Waals surface area contributed by atoms with Crippen molar-refractivity contribution >= 4 is 33.5 Å². The van der Waals surface area contributed by atoms with Gasteiger partial charge in [0.15, 0.2) is 0 Å². The lowest BCUT2D eigenvalue weighted by molar-refractivity contribution is -0.384. The van der Waals surface area contributed by atoms with Crippen molar-refractivity contribution in [1.82, 2.24) is 0 Å². The van der Waals surface area contributed by atoms with Crippen LogP contribution >= 0.6 is 0 Å². The molecular weight excluding hydrogens is 474 g/mol. The third kappa shape index (κ3) is 6.21. The van der Waals surface area contributed by atoms with Crippen LogP contribution in [0, 0.1) is 28.4 Å². The van der Waals surface area contributed by atoms with Gasteiger partial charge in [-0.3, -0.25) is 14.9 Å². The number of hydrogen-bond acceptors (Lipinski definition) is 8. The summed E-state index contributed by atoms with van der Waals surface area (Å²) in [4.78, 5) is 22.9. The number of rotatable bonds is 8. The topological polar surface area (TPSA) is 149 Å². The Hall–Kier alpha value is -4.69. The SMILES string of the molecule is COc1ccc(S(=O)(=O)Oc2cccc(/C=C(\C#N)C(=O)Nc3cc([N+](=O)[O-])ccc3C)c2)cc1. The second-order valence-corrected chi connectivity index (χ2v) is 8.71. The monoisotopic (exact) mass is 493 g/mol. The van der Waals surface area contributed by atoms with Crippen LogP contribution in [0.1, 0.15) is 11.1 Å². The van der Waals surface area contributed by atoms with E-state index in [9.17, 15) is 28.6 Å². The fourth-order valence-electron chi connectivity index (χ4n) is 2.94. The first kappa shape index (κ1) is 24.9. The highest BCUT2D eigenvalue weighted by Crippen LogP contribution is 2.24. The Balaban J connectivity index is 1.82. The molecule has 0 spiro atoms. The van der Waals surface area contributed by atoms with Gasteiger partial charge < -0.3 is 14.2 Å². The molecule has 1 amide bonds.